The van der Waals surface area contributed by atoms with Crippen LogP contribution in [0.25, 0.3) is 0 Å². The summed E-state index contributed by atoms with van der Waals surface area (Å²) in [5.74, 6) is 0.169. The average Bonchev–Trinajstić information content (AvgIpc) is 2.50. The summed E-state index contributed by atoms with van der Waals surface area (Å²) in [7, 11) is 0. The molecule has 2 rings (SSSR count). The van der Waals surface area contributed by atoms with Gasteiger partial charge >= 0.3 is 0 Å². The van der Waals surface area contributed by atoms with Crippen molar-refractivity contribution >= 4 is 5.91 Å². The lowest BCUT2D eigenvalue weighted by Gasteiger charge is -2.41. The van der Waals surface area contributed by atoms with Gasteiger partial charge in [0.1, 0.15) is 0 Å². The zero-order valence-electron chi connectivity index (χ0n) is 8.41. The van der Waals surface area contributed by atoms with Crippen molar-refractivity contribution in [2.75, 3.05) is 19.6 Å². The molecule has 4 heteroatoms. The van der Waals surface area contributed by atoms with Crippen LogP contribution in [-0.4, -0.2) is 41.7 Å². The lowest BCUT2D eigenvalue weighted by atomic mass is 9.68. The Balaban J connectivity index is 2.00. The quantitative estimate of drug-likeness (QED) is 0.640. The number of β-amino-alcohol motifs (C(OH)–C–C–N with tert-alkyl or cyclic N) is 1. The van der Waals surface area contributed by atoms with E-state index in [0.717, 1.165) is 19.3 Å². The van der Waals surface area contributed by atoms with Gasteiger partial charge in [-0.25, -0.2) is 0 Å². The fourth-order valence-corrected chi connectivity index (χ4v) is 2.37. The van der Waals surface area contributed by atoms with E-state index >= 15 is 0 Å². The predicted molar refractivity (Wildman–Crippen MR) is 52.5 cm³/mol. The third kappa shape index (κ3) is 1.42. The first-order valence-electron chi connectivity index (χ1n) is 5.35. The molecule has 3 N–H and O–H groups in total. The summed E-state index contributed by atoms with van der Waals surface area (Å²) >= 11 is 0. The van der Waals surface area contributed by atoms with Crippen LogP contribution in [0.15, 0.2) is 0 Å². The third-order valence-electron chi connectivity index (χ3n) is 3.61. The summed E-state index contributed by atoms with van der Waals surface area (Å²) in [6.45, 7) is 1.65. The Morgan fingerprint density at radius 2 is 2.29 bits per heavy atom. The maximum atomic E-state index is 12.1. The SMILES string of the molecule is NCC1(C(=O)N2CC[C@@H](O)C2)CCC1. The molecule has 0 spiro atoms. The lowest BCUT2D eigenvalue weighted by Crippen LogP contribution is -2.51. The van der Waals surface area contributed by atoms with E-state index in [1.165, 1.54) is 0 Å². The molecule has 1 aliphatic heterocycles. The van der Waals surface area contributed by atoms with Gasteiger partial charge in [0.2, 0.25) is 5.91 Å². The summed E-state index contributed by atoms with van der Waals surface area (Å²) < 4.78 is 0. The first-order valence-corrected chi connectivity index (χ1v) is 5.35. The van der Waals surface area contributed by atoms with E-state index < -0.39 is 0 Å². The Labute approximate surface area is 84.1 Å². The van der Waals surface area contributed by atoms with E-state index in [4.69, 9.17) is 5.73 Å². The highest BCUT2D eigenvalue weighted by Gasteiger charge is 2.46. The van der Waals surface area contributed by atoms with Gasteiger partial charge in [0, 0.05) is 19.6 Å². The van der Waals surface area contributed by atoms with Crippen molar-refractivity contribution in [2.24, 2.45) is 11.1 Å². The van der Waals surface area contributed by atoms with Gasteiger partial charge in [-0.05, 0) is 19.3 Å². The van der Waals surface area contributed by atoms with Gasteiger partial charge < -0.3 is 15.7 Å². The Morgan fingerprint density at radius 3 is 2.64 bits per heavy atom. The van der Waals surface area contributed by atoms with Crippen LogP contribution in [0.1, 0.15) is 25.7 Å². The molecule has 0 unspecified atom stereocenters. The standard InChI is InChI=1S/C10H18N2O2/c11-7-10(3-1-4-10)9(14)12-5-2-8(13)6-12/h8,13H,1-7,11H2/t8-/m1/s1. The third-order valence-corrected chi connectivity index (χ3v) is 3.61. The normalized spacial score (nSPS) is 30.1. The number of nitrogens with zero attached hydrogens (tertiary/aromatic N) is 1. The fraction of sp³-hybridized carbons (Fsp3) is 0.900. The van der Waals surface area contributed by atoms with Gasteiger partial charge in [-0.15, -0.1) is 0 Å². The van der Waals surface area contributed by atoms with E-state index in [-0.39, 0.29) is 17.4 Å². The Hall–Kier alpha value is -0.610. The highest BCUT2D eigenvalue weighted by atomic mass is 16.3. The van der Waals surface area contributed by atoms with Crippen molar-refractivity contribution in [1.82, 2.24) is 4.90 Å². The van der Waals surface area contributed by atoms with Crippen LogP contribution in [-0.2, 0) is 4.79 Å². The summed E-state index contributed by atoms with van der Waals surface area (Å²) in [4.78, 5) is 13.8. The molecule has 0 bridgehead atoms. The lowest BCUT2D eigenvalue weighted by molar-refractivity contribution is -0.145. The second-order valence-electron chi connectivity index (χ2n) is 4.53. The minimum Gasteiger partial charge on any atom is -0.391 e. The van der Waals surface area contributed by atoms with Crippen molar-refractivity contribution in [3.63, 3.8) is 0 Å². The molecule has 1 aliphatic carbocycles. The highest BCUT2D eigenvalue weighted by molar-refractivity contribution is 5.84. The van der Waals surface area contributed by atoms with E-state index in [1.54, 1.807) is 4.90 Å². The number of carbonyl (C=O) groups excluding carboxylic acids is 1. The summed E-state index contributed by atoms with van der Waals surface area (Å²) in [5, 5.41) is 9.35. The van der Waals surface area contributed by atoms with Crippen LogP contribution in [0.5, 0.6) is 0 Å². The predicted octanol–water partition coefficient (Wildman–Crippen LogP) is -0.291. The van der Waals surface area contributed by atoms with Crippen LogP contribution >= 0.6 is 0 Å². The molecular formula is C10H18N2O2. The number of nitrogens with two attached hydrogens (primary N) is 1. The summed E-state index contributed by atoms with van der Waals surface area (Å²) in [6, 6.07) is 0. The molecule has 1 atom stereocenters. The fourth-order valence-electron chi connectivity index (χ4n) is 2.37. The van der Waals surface area contributed by atoms with Gasteiger partial charge in [-0.3, -0.25) is 4.79 Å². The zero-order valence-corrected chi connectivity index (χ0v) is 8.41. The van der Waals surface area contributed by atoms with Gasteiger partial charge in [-0.1, -0.05) is 6.42 Å². The number of hydrogen-bond acceptors (Lipinski definition) is 3. The van der Waals surface area contributed by atoms with Gasteiger partial charge in [0.15, 0.2) is 0 Å². The van der Waals surface area contributed by atoms with E-state index in [9.17, 15) is 9.90 Å². The van der Waals surface area contributed by atoms with Gasteiger partial charge in [0.25, 0.3) is 0 Å². The van der Waals surface area contributed by atoms with Crippen molar-refractivity contribution in [2.45, 2.75) is 31.8 Å². The molecule has 0 aromatic carbocycles. The molecule has 1 saturated carbocycles. The summed E-state index contributed by atoms with van der Waals surface area (Å²) in [6.07, 6.45) is 3.35. The van der Waals surface area contributed by atoms with E-state index in [0.29, 0.717) is 26.1 Å². The second-order valence-corrected chi connectivity index (χ2v) is 4.53. The van der Waals surface area contributed by atoms with Gasteiger partial charge in [-0.2, -0.15) is 0 Å². The Bertz CT molecular complexity index is 233. The maximum absolute atomic E-state index is 12.1. The van der Waals surface area contributed by atoms with Crippen molar-refractivity contribution < 1.29 is 9.90 Å². The number of amides is 1. The number of aliphatic hydroxyl groups excluding tert-OH is 1. The highest BCUT2D eigenvalue weighted by Crippen LogP contribution is 2.42. The Morgan fingerprint density at radius 1 is 1.57 bits per heavy atom. The summed E-state index contributed by atoms with van der Waals surface area (Å²) in [5.41, 5.74) is 5.39. The Kier molecular flexibility index (Phi) is 2.49. The first-order chi connectivity index (χ1) is 6.68. The molecule has 4 nitrogen and oxygen atoms in total. The van der Waals surface area contributed by atoms with Gasteiger partial charge in [0.05, 0.1) is 11.5 Å². The molecule has 0 aromatic heterocycles. The van der Waals surface area contributed by atoms with Crippen LogP contribution in [0.2, 0.25) is 0 Å². The van der Waals surface area contributed by atoms with E-state index in [1.807, 2.05) is 0 Å². The monoisotopic (exact) mass is 198 g/mol. The van der Waals surface area contributed by atoms with Crippen LogP contribution in [0.4, 0.5) is 0 Å². The minimum atomic E-state index is -0.325. The first kappa shape index (κ1) is 9.93. The topological polar surface area (TPSA) is 66.6 Å². The molecule has 2 aliphatic rings. The second kappa shape index (κ2) is 3.51. The van der Waals surface area contributed by atoms with Crippen LogP contribution in [0.3, 0.4) is 0 Å². The molecule has 1 heterocycles. The van der Waals surface area contributed by atoms with Crippen LogP contribution in [0, 0.1) is 5.41 Å². The molecule has 0 radical (unpaired) electrons. The number of likely N-dealkylation sites (tertiary alicyclic amines) is 1. The molecule has 0 aromatic rings. The maximum Gasteiger partial charge on any atom is 0.230 e. The average molecular weight is 198 g/mol. The largest absolute Gasteiger partial charge is 0.391 e. The number of carbonyl (C=O) groups is 1. The molecular weight excluding hydrogens is 180 g/mol. The number of rotatable bonds is 2. The van der Waals surface area contributed by atoms with Crippen LogP contribution < -0.4 is 5.73 Å². The zero-order chi connectivity index (χ0) is 10.2. The molecule has 1 amide bonds. The van der Waals surface area contributed by atoms with Crippen molar-refractivity contribution in [3.8, 4) is 0 Å². The minimum absolute atomic E-state index is 0.169. The molecule has 1 saturated heterocycles. The molecule has 2 fully saturated rings. The van der Waals surface area contributed by atoms with Crippen molar-refractivity contribution in [3.05, 3.63) is 0 Å². The van der Waals surface area contributed by atoms with Crippen molar-refractivity contribution in [1.29, 1.82) is 0 Å². The molecule has 14 heavy (non-hydrogen) atoms. The van der Waals surface area contributed by atoms with E-state index in [2.05, 4.69) is 0 Å². The number of hydrogen-bond donors (Lipinski definition) is 2. The molecule has 80 valence electrons. The smallest absolute Gasteiger partial charge is 0.230 e. The number of aliphatic hydroxyl groups is 1.